The van der Waals surface area contributed by atoms with Crippen molar-refractivity contribution in [2.45, 2.75) is 0 Å². The molecule has 8 nitrogen and oxygen atoms in total. The molecular formula is C23H15NO7. The Kier molecular flexibility index (Phi) is 5.44. The number of pyridine rings is 1. The van der Waals surface area contributed by atoms with Gasteiger partial charge in [0.05, 0.1) is 23.6 Å². The van der Waals surface area contributed by atoms with E-state index in [9.17, 15) is 14.4 Å². The van der Waals surface area contributed by atoms with Crippen LogP contribution in [-0.4, -0.2) is 24.0 Å². The number of hydrogen-bond acceptors (Lipinski definition) is 8. The molecule has 154 valence electrons. The Morgan fingerprint density at radius 1 is 0.871 bits per heavy atom. The van der Waals surface area contributed by atoms with E-state index in [1.54, 1.807) is 0 Å². The van der Waals surface area contributed by atoms with Gasteiger partial charge in [-0.25, -0.2) is 9.59 Å². The molecule has 0 atom stereocenters. The van der Waals surface area contributed by atoms with Crippen molar-refractivity contribution in [1.29, 1.82) is 0 Å². The summed E-state index contributed by atoms with van der Waals surface area (Å²) in [4.78, 5) is 40.2. The van der Waals surface area contributed by atoms with Crippen molar-refractivity contribution in [3.05, 3.63) is 94.6 Å². The summed E-state index contributed by atoms with van der Waals surface area (Å²) in [6.45, 7) is 0. The van der Waals surface area contributed by atoms with Gasteiger partial charge in [-0.05, 0) is 48.5 Å². The summed E-state index contributed by atoms with van der Waals surface area (Å²) in [7, 11) is 1.29. The molecule has 2 aromatic carbocycles. The predicted octanol–water partition coefficient (Wildman–Crippen LogP) is 3.99. The minimum absolute atomic E-state index is 0.0279. The average Bonchev–Trinajstić information content (AvgIpc) is 2.81. The van der Waals surface area contributed by atoms with Gasteiger partial charge in [-0.15, -0.1) is 0 Å². The van der Waals surface area contributed by atoms with Gasteiger partial charge < -0.3 is 18.6 Å². The summed E-state index contributed by atoms with van der Waals surface area (Å²) in [5.74, 6) is -0.483. The fourth-order valence-electron chi connectivity index (χ4n) is 2.78. The zero-order valence-electron chi connectivity index (χ0n) is 16.2. The lowest BCUT2D eigenvalue weighted by Crippen LogP contribution is -2.09. The Labute approximate surface area is 175 Å². The van der Waals surface area contributed by atoms with E-state index in [1.165, 1.54) is 80.4 Å². The molecule has 8 heteroatoms. The third-order valence-corrected chi connectivity index (χ3v) is 4.34. The van der Waals surface area contributed by atoms with Crippen LogP contribution in [0.4, 0.5) is 0 Å². The highest BCUT2D eigenvalue weighted by atomic mass is 16.5. The molecule has 4 aromatic rings. The minimum Gasteiger partial charge on any atom is -0.465 e. The molecule has 0 saturated carbocycles. The van der Waals surface area contributed by atoms with Crippen molar-refractivity contribution in [1.82, 2.24) is 4.98 Å². The van der Waals surface area contributed by atoms with Crippen molar-refractivity contribution in [2.75, 3.05) is 7.11 Å². The van der Waals surface area contributed by atoms with Gasteiger partial charge in [0.25, 0.3) is 0 Å². The molecular weight excluding hydrogens is 402 g/mol. The van der Waals surface area contributed by atoms with Crippen LogP contribution in [0.25, 0.3) is 11.0 Å². The number of carbonyl (C=O) groups is 2. The van der Waals surface area contributed by atoms with Gasteiger partial charge in [-0.2, -0.15) is 0 Å². The molecule has 2 aromatic heterocycles. The van der Waals surface area contributed by atoms with E-state index in [1.807, 2.05) is 0 Å². The van der Waals surface area contributed by atoms with Crippen molar-refractivity contribution < 1.29 is 28.2 Å². The van der Waals surface area contributed by atoms with Crippen LogP contribution in [0.15, 0.2) is 82.5 Å². The van der Waals surface area contributed by atoms with Gasteiger partial charge in [-0.1, -0.05) is 0 Å². The molecule has 0 radical (unpaired) electrons. The van der Waals surface area contributed by atoms with E-state index in [-0.39, 0.29) is 22.5 Å². The molecule has 0 spiro atoms. The topological polar surface area (TPSA) is 105 Å². The van der Waals surface area contributed by atoms with E-state index >= 15 is 0 Å². The monoisotopic (exact) mass is 417 g/mol. The maximum absolute atomic E-state index is 12.7. The third kappa shape index (κ3) is 4.27. The first-order chi connectivity index (χ1) is 15.0. The first-order valence-electron chi connectivity index (χ1n) is 9.09. The maximum Gasteiger partial charge on any atom is 0.343 e. The molecule has 0 N–H and O–H groups in total. The Morgan fingerprint density at radius 2 is 1.55 bits per heavy atom. The molecule has 0 aliphatic carbocycles. The van der Waals surface area contributed by atoms with E-state index in [0.29, 0.717) is 16.9 Å². The number of rotatable bonds is 5. The lowest BCUT2D eigenvalue weighted by Gasteiger charge is -2.08. The van der Waals surface area contributed by atoms with Crippen molar-refractivity contribution in [2.24, 2.45) is 0 Å². The van der Waals surface area contributed by atoms with E-state index < -0.39 is 17.4 Å². The zero-order valence-corrected chi connectivity index (χ0v) is 16.2. The van der Waals surface area contributed by atoms with Crippen LogP contribution < -0.4 is 14.9 Å². The molecule has 2 heterocycles. The van der Waals surface area contributed by atoms with E-state index in [0.717, 1.165) is 0 Å². The van der Waals surface area contributed by atoms with Crippen LogP contribution in [0, 0.1) is 0 Å². The molecule has 31 heavy (non-hydrogen) atoms. The molecule has 0 unspecified atom stereocenters. The fourth-order valence-corrected chi connectivity index (χ4v) is 2.78. The highest BCUT2D eigenvalue weighted by Crippen LogP contribution is 2.25. The molecule has 0 aliphatic rings. The molecule has 0 amide bonds. The molecule has 4 rings (SSSR count). The quantitative estimate of drug-likeness (QED) is 0.355. The van der Waals surface area contributed by atoms with E-state index in [4.69, 9.17) is 13.9 Å². The largest absolute Gasteiger partial charge is 0.465 e. The Balaban J connectivity index is 1.55. The predicted molar refractivity (Wildman–Crippen MR) is 110 cm³/mol. The van der Waals surface area contributed by atoms with Gasteiger partial charge in [0.15, 0.2) is 0 Å². The van der Waals surface area contributed by atoms with Crippen molar-refractivity contribution >= 4 is 22.9 Å². The standard InChI is InChI=1S/C23H15NO7/c1-28-22(26)14-2-4-16(5-3-14)30-20-13-29-19-12-17(6-7-18(19)21(20)25)31-23(27)15-8-10-24-11-9-15/h2-13H,1H3. The number of carbonyl (C=O) groups excluding carboxylic acids is 2. The second-order valence-corrected chi connectivity index (χ2v) is 6.33. The number of hydrogen-bond donors (Lipinski definition) is 0. The summed E-state index contributed by atoms with van der Waals surface area (Å²) in [5, 5.41) is 0.257. The van der Waals surface area contributed by atoms with Gasteiger partial charge in [0.1, 0.15) is 23.3 Å². The van der Waals surface area contributed by atoms with Crippen molar-refractivity contribution in [3.8, 4) is 17.2 Å². The lowest BCUT2D eigenvalue weighted by atomic mass is 10.2. The Morgan fingerprint density at radius 3 is 2.26 bits per heavy atom. The highest BCUT2D eigenvalue weighted by molar-refractivity contribution is 5.91. The molecule has 0 aliphatic heterocycles. The first-order valence-corrected chi connectivity index (χ1v) is 9.09. The number of ether oxygens (including phenoxy) is 3. The van der Waals surface area contributed by atoms with Crippen LogP contribution in [0.1, 0.15) is 20.7 Å². The summed E-state index contributed by atoms with van der Waals surface area (Å²) in [6, 6.07) is 13.6. The van der Waals surface area contributed by atoms with Crippen LogP contribution in [0.5, 0.6) is 17.2 Å². The summed E-state index contributed by atoms with van der Waals surface area (Å²) >= 11 is 0. The molecule has 0 saturated heterocycles. The third-order valence-electron chi connectivity index (χ3n) is 4.34. The van der Waals surface area contributed by atoms with Crippen LogP contribution in [0.2, 0.25) is 0 Å². The Hall–Kier alpha value is -4.46. The number of methoxy groups -OCH3 is 1. The van der Waals surface area contributed by atoms with Crippen LogP contribution in [0.3, 0.4) is 0 Å². The average molecular weight is 417 g/mol. The fraction of sp³-hybridized carbons (Fsp3) is 0.0435. The van der Waals surface area contributed by atoms with Gasteiger partial charge >= 0.3 is 11.9 Å². The van der Waals surface area contributed by atoms with Crippen molar-refractivity contribution in [3.63, 3.8) is 0 Å². The number of fused-ring (bicyclic) bond motifs is 1. The number of benzene rings is 2. The van der Waals surface area contributed by atoms with E-state index in [2.05, 4.69) is 9.72 Å². The second-order valence-electron chi connectivity index (χ2n) is 6.33. The molecule has 0 fully saturated rings. The molecule has 0 bridgehead atoms. The van der Waals surface area contributed by atoms with Crippen LogP contribution in [-0.2, 0) is 4.74 Å². The summed E-state index contributed by atoms with van der Waals surface area (Å²) in [6.07, 6.45) is 4.15. The lowest BCUT2D eigenvalue weighted by molar-refractivity contribution is 0.0600. The van der Waals surface area contributed by atoms with Gasteiger partial charge in [-0.3, -0.25) is 9.78 Å². The van der Waals surface area contributed by atoms with Gasteiger partial charge in [0, 0.05) is 18.5 Å². The number of aromatic nitrogens is 1. The highest BCUT2D eigenvalue weighted by Gasteiger charge is 2.13. The van der Waals surface area contributed by atoms with Gasteiger partial charge in [0.2, 0.25) is 11.2 Å². The number of nitrogens with zero attached hydrogens (tertiary/aromatic N) is 1. The normalized spacial score (nSPS) is 10.5. The zero-order chi connectivity index (χ0) is 21.8. The summed E-state index contributed by atoms with van der Waals surface area (Å²) < 4.78 is 21.0. The smallest absolute Gasteiger partial charge is 0.343 e. The van der Waals surface area contributed by atoms with Crippen LogP contribution >= 0.6 is 0 Å². The minimum atomic E-state index is -0.556. The first kappa shape index (κ1) is 19.8. The SMILES string of the molecule is COC(=O)c1ccc(Oc2coc3cc(OC(=O)c4ccncc4)ccc3c2=O)cc1. The Bertz CT molecular complexity index is 1310. The maximum atomic E-state index is 12.7. The summed E-state index contributed by atoms with van der Waals surface area (Å²) in [5.41, 5.74) is 0.538. The second kappa shape index (κ2) is 8.50. The number of esters is 2.